The Morgan fingerprint density at radius 1 is 1.19 bits per heavy atom. The van der Waals surface area contributed by atoms with E-state index >= 15 is 0 Å². The smallest absolute Gasteiger partial charge is 0.324 e. The molecule has 7 heteroatoms. The van der Waals surface area contributed by atoms with E-state index in [0.29, 0.717) is 37.7 Å². The van der Waals surface area contributed by atoms with Crippen LogP contribution >= 0.6 is 12.4 Å². The normalized spacial score (nSPS) is 21.2. The second kappa shape index (κ2) is 9.90. The lowest BCUT2D eigenvalue weighted by Gasteiger charge is -2.41. The molecular formula is C24H32ClN3O3. The van der Waals surface area contributed by atoms with Crippen molar-refractivity contribution in [2.45, 2.75) is 38.4 Å². The van der Waals surface area contributed by atoms with Crippen molar-refractivity contribution in [3.05, 3.63) is 59.2 Å². The van der Waals surface area contributed by atoms with Gasteiger partial charge in [-0.1, -0.05) is 30.3 Å². The number of aryl methyl sites for hydroxylation is 1. The van der Waals surface area contributed by atoms with Gasteiger partial charge in [-0.3, -0.25) is 4.90 Å². The summed E-state index contributed by atoms with van der Waals surface area (Å²) in [6.07, 6.45) is 2.30. The third-order valence-corrected chi connectivity index (χ3v) is 6.59. The molecule has 0 saturated carbocycles. The van der Waals surface area contributed by atoms with Crippen molar-refractivity contribution < 1.29 is 14.6 Å². The molecule has 2 aromatic rings. The van der Waals surface area contributed by atoms with E-state index in [1.165, 1.54) is 0 Å². The quantitative estimate of drug-likeness (QED) is 0.747. The standard InChI is InChI=1S/C24H31N3O3.ClH/c1-16-8-9-19-20(23(16)28)14-21(30-22(19)15-25)17-10-12-27(13-11-17)24(29)26(2)18-6-4-3-5-7-18;/h3-9,17,21-22,28H,10-15,25H2,1-2H3;1H/t21-,22-;/m0./s1. The fourth-order valence-electron chi connectivity index (χ4n) is 4.72. The van der Waals surface area contributed by atoms with Crippen LogP contribution in [0, 0.1) is 12.8 Å². The number of urea groups is 1. The highest BCUT2D eigenvalue weighted by atomic mass is 35.5. The SMILES string of the molecule is Cc1ccc2c(c1O)C[C@@H](C1CCN(C(=O)N(C)c3ccccc3)CC1)O[C@H]2CN.Cl. The van der Waals surface area contributed by atoms with E-state index in [0.717, 1.165) is 35.2 Å². The molecule has 31 heavy (non-hydrogen) atoms. The second-order valence-electron chi connectivity index (χ2n) is 8.40. The van der Waals surface area contributed by atoms with Crippen LogP contribution in [0.25, 0.3) is 0 Å². The summed E-state index contributed by atoms with van der Waals surface area (Å²) < 4.78 is 6.36. The van der Waals surface area contributed by atoms with E-state index < -0.39 is 0 Å². The Morgan fingerprint density at radius 3 is 2.52 bits per heavy atom. The average molecular weight is 446 g/mol. The lowest BCUT2D eigenvalue weighted by molar-refractivity contribution is -0.0624. The monoisotopic (exact) mass is 445 g/mol. The Labute approximate surface area is 190 Å². The van der Waals surface area contributed by atoms with Gasteiger partial charge in [0.15, 0.2) is 0 Å². The summed E-state index contributed by atoms with van der Waals surface area (Å²) in [6, 6.07) is 13.7. The number of phenols is 1. The minimum atomic E-state index is -0.186. The van der Waals surface area contributed by atoms with Gasteiger partial charge in [-0.05, 0) is 48.9 Å². The molecule has 2 aliphatic heterocycles. The molecule has 0 unspecified atom stereocenters. The first-order valence-electron chi connectivity index (χ1n) is 10.7. The molecule has 3 N–H and O–H groups in total. The van der Waals surface area contributed by atoms with Crippen molar-refractivity contribution in [2.24, 2.45) is 11.7 Å². The summed E-state index contributed by atoms with van der Waals surface area (Å²) in [6.45, 7) is 3.73. The maximum atomic E-state index is 12.9. The number of likely N-dealkylation sites (tertiary alicyclic amines) is 1. The molecule has 2 atom stereocenters. The first-order valence-corrected chi connectivity index (χ1v) is 10.7. The summed E-state index contributed by atoms with van der Waals surface area (Å²) in [5, 5.41) is 10.6. The molecule has 0 spiro atoms. The van der Waals surface area contributed by atoms with Gasteiger partial charge in [-0.15, -0.1) is 12.4 Å². The van der Waals surface area contributed by atoms with Crippen LogP contribution in [0.2, 0.25) is 0 Å². The number of halogens is 1. The molecule has 1 saturated heterocycles. The highest BCUT2D eigenvalue weighted by molar-refractivity contribution is 5.91. The van der Waals surface area contributed by atoms with E-state index in [-0.39, 0.29) is 30.6 Å². The van der Waals surface area contributed by atoms with Crippen molar-refractivity contribution in [3.63, 3.8) is 0 Å². The van der Waals surface area contributed by atoms with Gasteiger partial charge in [-0.25, -0.2) is 4.79 Å². The highest BCUT2D eigenvalue weighted by Gasteiger charge is 2.36. The minimum Gasteiger partial charge on any atom is -0.507 e. The fraction of sp³-hybridized carbons (Fsp3) is 0.458. The molecule has 4 rings (SSSR count). The van der Waals surface area contributed by atoms with Gasteiger partial charge < -0.3 is 20.5 Å². The zero-order valence-electron chi connectivity index (χ0n) is 18.2. The van der Waals surface area contributed by atoms with Crippen LogP contribution in [0.3, 0.4) is 0 Å². The van der Waals surface area contributed by atoms with Crippen LogP contribution in [-0.2, 0) is 11.2 Å². The van der Waals surface area contributed by atoms with Gasteiger partial charge >= 0.3 is 6.03 Å². The van der Waals surface area contributed by atoms with Crippen molar-refractivity contribution in [1.29, 1.82) is 0 Å². The molecule has 2 aromatic carbocycles. The number of benzene rings is 2. The van der Waals surface area contributed by atoms with Crippen molar-refractivity contribution in [2.75, 3.05) is 31.6 Å². The number of piperidine rings is 1. The first-order chi connectivity index (χ1) is 14.5. The summed E-state index contributed by atoms with van der Waals surface area (Å²) >= 11 is 0. The summed E-state index contributed by atoms with van der Waals surface area (Å²) in [4.78, 5) is 16.5. The number of hydrogen-bond acceptors (Lipinski definition) is 4. The maximum Gasteiger partial charge on any atom is 0.324 e. The van der Waals surface area contributed by atoms with E-state index in [9.17, 15) is 9.90 Å². The van der Waals surface area contributed by atoms with Gasteiger partial charge in [-0.2, -0.15) is 0 Å². The maximum absolute atomic E-state index is 12.9. The number of phenolic OH excluding ortho intramolecular Hbond substituents is 1. The van der Waals surface area contributed by atoms with Crippen LogP contribution in [-0.4, -0.2) is 48.8 Å². The number of nitrogens with two attached hydrogens (primary N) is 1. The van der Waals surface area contributed by atoms with Crippen LogP contribution in [0.1, 0.15) is 35.6 Å². The Hall–Kier alpha value is -2.28. The van der Waals surface area contributed by atoms with E-state index in [1.54, 1.807) is 4.90 Å². The summed E-state index contributed by atoms with van der Waals surface area (Å²) in [5.41, 5.74) is 9.75. The Balaban J connectivity index is 0.00000272. The average Bonchev–Trinajstić information content (AvgIpc) is 2.80. The molecule has 0 aromatic heterocycles. The van der Waals surface area contributed by atoms with Gasteiger partial charge in [0.2, 0.25) is 0 Å². The van der Waals surface area contributed by atoms with Gasteiger partial charge in [0, 0.05) is 44.4 Å². The van der Waals surface area contributed by atoms with Crippen molar-refractivity contribution in [3.8, 4) is 5.75 Å². The zero-order valence-corrected chi connectivity index (χ0v) is 19.0. The van der Waals surface area contributed by atoms with Crippen LogP contribution in [0.5, 0.6) is 5.75 Å². The Bertz CT molecular complexity index is 900. The number of carbonyl (C=O) groups is 1. The number of ether oxygens (including phenoxy) is 1. The molecule has 2 aliphatic rings. The topological polar surface area (TPSA) is 79.0 Å². The lowest BCUT2D eigenvalue weighted by atomic mass is 9.83. The predicted octanol–water partition coefficient (Wildman–Crippen LogP) is 4.03. The molecule has 2 heterocycles. The van der Waals surface area contributed by atoms with Gasteiger partial charge in [0.1, 0.15) is 5.75 Å². The molecular weight excluding hydrogens is 414 g/mol. The number of para-hydroxylation sites is 1. The molecule has 168 valence electrons. The zero-order chi connectivity index (χ0) is 21.3. The Kier molecular flexibility index (Phi) is 7.46. The summed E-state index contributed by atoms with van der Waals surface area (Å²) in [7, 11) is 1.82. The van der Waals surface area contributed by atoms with Crippen LogP contribution < -0.4 is 10.6 Å². The fourth-order valence-corrected chi connectivity index (χ4v) is 4.72. The highest BCUT2D eigenvalue weighted by Crippen LogP contribution is 2.40. The van der Waals surface area contributed by atoms with E-state index in [4.69, 9.17) is 10.5 Å². The number of hydrogen-bond donors (Lipinski definition) is 2. The van der Waals surface area contributed by atoms with Crippen LogP contribution in [0.4, 0.5) is 10.5 Å². The molecule has 1 fully saturated rings. The molecule has 0 radical (unpaired) electrons. The van der Waals surface area contributed by atoms with Gasteiger partial charge in [0.25, 0.3) is 0 Å². The number of fused-ring (bicyclic) bond motifs is 1. The number of rotatable bonds is 3. The number of nitrogens with zero attached hydrogens (tertiary/aromatic N) is 2. The Morgan fingerprint density at radius 2 is 1.87 bits per heavy atom. The minimum absolute atomic E-state index is 0. The molecule has 2 amide bonds. The van der Waals surface area contributed by atoms with Crippen LogP contribution in [0.15, 0.2) is 42.5 Å². The predicted molar refractivity (Wildman–Crippen MR) is 125 cm³/mol. The number of carbonyl (C=O) groups excluding carboxylic acids is 1. The third kappa shape index (κ3) is 4.66. The first kappa shape index (κ1) is 23.4. The second-order valence-corrected chi connectivity index (χ2v) is 8.40. The third-order valence-electron chi connectivity index (χ3n) is 6.59. The van der Waals surface area contributed by atoms with Gasteiger partial charge in [0.05, 0.1) is 12.2 Å². The number of aromatic hydroxyl groups is 1. The molecule has 0 aliphatic carbocycles. The van der Waals surface area contributed by atoms with E-state index in [2.05, 4.69) is 0 Å². The molecule has 6 nitrogen and oxygen atoms in total. The van der Waals surface area contributed by atoms with E-state index in [1.807, 2.05) is 61.3 Å². The number of amides is 2. The van der Waals surface area contributed by atoms with Crippen molar-refractivity contribution in [1.82, 2.24) is 4.90 Å². The van der Waals surface area contributed by atoms with Crippen molar-refractivity contribution >= 4 is 24.1 Å². The lowest BCUT2D eigenvalue weighted by Crippen LogP contribution is -2.48. The summed E-state index contributed by atoms with van der Waals surface area (Å²) in [5.74, 6) is 0.717. The number of anilines is 1. The molecule has 0 bridgehead atoms. The largest absolute Gasteiger partial charge is 0.507 e.